The minimum absolute atomic E-state index is 0.0584. The molecular formula is C41H48FN9O5. The molecule has 2 fully saturated rings. The summed E-state index contributed by atoms with van der Waals surface area (Å²) in [5, 5.41) is 16.6. The molecule has 4 aromatic rings. The second-order valence-corrected chi connectivity index (χ2v) is 16.1. The molecular weight excluding hydrogens is 718 g/mol. The van der Waals surface area contributed by atoms with Crippen molar-refractivity contribution in [3.8, 4) is 11.3 Å². The van der Waals surface area contributed by atoms with Gasteiger partial charge in [0.05, 0.1) is 42.9 Å². The Labute approximate surface area is 324 Å². The summed E-state index contributed by atoms with van der Waals surface area (Å²) >= 11 is 0. The molecule has 294 valence electrons. The molecule has 0 unspecified atom stereocenters. The van der Waals surface area contributed by atoms with Crippen molar-refractivity contribution < 1.29 is 23.8 Å². The number of nitrogens with zero attached hydrogens (tertiary/aromatic N) is 7. The van der Waals surface area contributed by atoms with Crippen molar-refractivity contribution in [2.24, 2.45) is 12.5 Å². The summed E-state index contributed by atoms with van der Waals surface area (Å²) in [4.78, 5) is 55.4. The van der Waals surface area contributed by atoms with Crippen LogP contribution in [0.1, 0.15) is 54.5 Å². The first-order valence-electron chi connectivity index (χ1n) is 19.2. The molecule has 2 amide bonds. The van der Waals surface area contributed by atoms with Gasteiger partial charge in [-0.25, -0.2) is 14.4 Å². The van der Waals surface area contributed by atoms with E-state index in [0.717, 1.165) is 18.9 Å². The zero-order valence-corrected chi connectivity index (χ0v) is 32.3. The van der Waals surface area contributed by atoms with Crippen LogP contribution in [0, 0.1) is 11.2 Å². The van der Waals surface area contributed by atoms with Crippen molar-refractivity contribution in [3.05, 3.63) is 88.0 Å². The van der Waals surface area contributed by atoms with Gasteiger partial charge in [0.25, 0.3) is 11.5 Å². The van der Waals surface area contributed by atoms with Gasteiger partial charge in [0.2, 0.25) is 5.91 Å². The molecule has 0 saturated carbocycles. The number of aryl methyl sites for hydroxylation is 1. The first-order chi connectivity index (χ1) is 26.8. The van der Waals surface area contributed by atoms with Crippen molar-refractivity contribution in [1.82, 2.24) is 24.0 Å². The van der Waals surface area contributed by atoms with E-state index in [2.05, 4.69) is 50.5 Å². The second kappa shape index (κ2) is 14.6. The maximum Gasteiger partial charge on any atom is 0.293 e. The summed E-state index contributed by atoms with van der Waals surface area (Å²) in [6.07, 6.45) is 6.75. The smallest absolute Gasteiger partial charge is 0.293 e. The number of pyridine rings is 1. The maximum absolute atomic E-state index is 16.3. The molecule has 0 spiro atoms. The van der Waals surface area contributed by atoms with Gasteiger partial charge in [0.1, 0.15) is 11.5 Å². The summed E-state index contributed by atoms with van der Waals surface area (Å²) in [6, 6.07) is 6.85. The van der Waals surface area contributed by atoms with Gasteiger partial charge in [-0.1, -0.05) is 20.4 Å². The van der Waals surface area contributed by atoms with Crippen molar-refractivity contribution in [2.45, 2.75) is 65.3 Å². The Bertz CT molecular complexity index is 2300. The highest BCUT2D eigenvalue weighted by atomic mass is 19.1. The van der Waals surface area contributed by atoms with Crippen LogP contribution in [0.4, 0.5) is 33.1 Å². The Hall–Kier alpha value is -5.38. The van der Waals surface area contributed by atoms with E-state index in [1.807, 2.05) is 17.9 Å². The van der Waals surface area contributed by atoms with E-state index in [4.69, 9.17) is 4.74 Å². The molecule has 8 rings (SSSR count). The number of nitrogens with one attached hydrogen (secondary N) is 2. The third kappa shape index (κ3) is 6.77. The normalized spacial score (nSPS) is 19.6. The highest BCUT2D eigenvalue weighted by molar-refractivity contribution is 6.06. The topological polar surface area (TPSA) is 150 Å². The summed E-state index contributed by atoms with van der Waals surface area (Å²) in [7, 11) is 1.57. The number of aliphatic hydroxyl groups excluding tert-OH is 1. The Balaban J connectivity index is 1.11. The fourth-order valence-corrected chi connectivity index (χ4v) is 8.69. The van der Waals surface area contributed by atoms with Crippen LogP contribution >= 0.6 is 0 Å². The quantitative estimate of drug-likeness (QED) is 0.212. The third-order valence-corrected chi connectivity index (χ3v) is 11.5. The lowest BCUT2D eigenvalue weighted by Gasteiger charge is -2.46. The number of aliphatic hydroxyl groups is 1. The van der Waals surface area contributed by atoms with Crippen molar-refractivity contribution in [3.63, 3.8) is 0 Å². The van der Waals surface area contributed by atoms with Crippen LogP contribution in [-0.4, -0.2) is 92.4 Å². The zero-order chi connectivity index (χ0) is 39.5. The molecule has 3 aromatic heterocycles. The number of hydrogen-bond donors (Lipinski definition) is 3. The summed E-state index contributed by atoms with van der Waals surface area (Å²) in [6.45, 7) is 14.1. The minimum Gasteiger partial charge on any atom is -0.392 e. The highest BCUT2D eigenvalue weighted by Gasteiger charge is 2.37. The predicted octanol–water partition coefficient (Wildman–Crippen LogP) is 4.23. The monoisotopic (exact) mass is 765 g/mol. The van der Waals surface area contributed by atoms with E-state index < -0.39 is 23.9 Å². The second-order valence-electron chi connectivity index (χ2n) is 16.1. The summed E-state index contributed by atoms with van der Waals surface area (Å²) in [5.74, 6) is -1.05. The van der Waals surface area contributed by atoms with Crippen LogP contribution in [0.2, 0.25) is 0 Å². The first-order valence-corrected chi connectivity index (χ1v) is 19.2. The summed E-state index contributed by atoms with van der Waals surface area (Å²) in [5.41, 5.74) is 4.56. The van der Waals surface area contributed by atoms with Gasteiger partial charge in [-0.05, 0) is 67.5 Å². The molecule has 0 bridgehead atoms. The van der Waals surface area contributed by atoms with E-state index in [9.17, 15) is 19.5 Å². The molecule has 1 aromatic carbocycles. The largest absolute Gasteiger partial charge is 0.392 e. The molecule has 1 atom stereocenters. The molecule has 3 N–H and O–H groups in total. The fraction of sp³-hybridized carbons (Fsp3) is 0.439. The van der Waals surface area contributed by atoms with Crippen LogP contribution in [-0.2, 0) is 42.6 Å². The average molecular weight is 766 g/mol. The maximum atomic E-state index is 16.3. The van der Waals surface area contributed by atoms with E-state index in [0.29, 0.717) is 86.7 Å². The minimum atomic E-state index is -0.585. The third-order valence-electron chi connectivity index (χ3n) is 11.5. The number of halogens is 1. The van der Waals surface area contributed by atoms with Gasteiger partial charge in [0, 0.05) is 80.7 Å². The number of aromatic nitrogens is 4. The molecule has 15 heteroatoms. The van der Waals surface area contributed by atoms with E-state index in [1.165, 1.54) is 21.9 Å². The van der Waals surface area contributed by atoms with E-state index in [-0.39, 0.29) is 40.2 Å². The average Bonchev–Trinajstić information content (AvgIpc) is 3.56. The molecule has 6 heterocycles. The Morgan fingerprint density at radius 2 is 1.95 bits per heavy atom. The standard InChI is InChI=1S/C41H48FN9O5/c1-6-35(53)45-31-16-26(15-30(42)36(31)49-13-12-48(19-24(49)2)27-22-56-23-27)44-37-40(55)47(5)20-32(46-37)28-8-9-43-38(29(28)21-52)51-11-7-10-50-33(39(51)54)14-25-17-41(3,4)18-34(25)50/h6,8-9,14-16,20,24,27,52H,1,7,10-13,17-19,21-23H2,2-5H3,(H,44,46)(H,45,53)/t24-/m0/s1. The van der Waals surface area contributed by atoms with Crippen LogP contribution in [0.5, 0.6) is 0 Å². The molecule has 0 radical (unpaired) electrons. The number of carbonyl (C=O) groups is 2. The van der Waals surface area contributed by atoms with Crippen LogP contribution in [0.3, 0.4) is 0 Å². The number of amides is 2. The number of piperazine rings is 1. The molecule has 2 saturated heterocycles. The fourth-order valence-electron chi connectivity index (χ4n) is 8.69. The van der Waals surface area contributed by atoms with Crippen molar-refractivity contribution in [2.75, 3.05) is 59.8 Å². The number of anilines is 5. The Morgan fingerprint density at radius 1 is 1.14 bits per heavy atom. The van der Waals surface area contributed by atoms with Crippen molar-refractivity contribution in [1.29, 1.82) is 0 Å². The molecule has 4 aliphatic rings. The number of fused-ring (bicyclic) bond motifs is 3. The first kappa shape index (κ1) is 37.5. The number of carbonyl (C=O) groups excluding carboxylic acids is 2. The SMILES string of the molecule is C=CC(=O)Nc1cc(Nc2nc(-c3ccnc(N4CCCn5c(cc6c5CC(C)(C)C6)C4=O)c3CO)cn(C)c2=O)cc(F)c1N1CCN(C2COC2)C[C@@H]1C. The van der Waals surface area contributed by atoms with Crippen LogP contribution in [0.25, 0.3) is 11.3 Å². The predicted molar refractivity (Wildman–Crippen MR) is 212 cm³/mol. The van der Waals surface area contributed by atoms with Crippen LogP contribution < -0.4 is 26.0 Å². The van der Waals surface area contributed by atoms with E-state index in [1.54, 1.807) is 36.5 Å². The van der Waals surface area contributed by atoms with Gasteiger partial charge in [-0.15, -0.1) is 0 Å². The molecule has 14 nitrogen and oxygen atoms in total. The molecule has 56 heavy (non-hydrogen) atoms. The number of benzene rings is 1. The summed E-state index contributed by atoms with van der Waals surface area (Å²) < 4.78 is 25.1. The van der Waals surface area contributed by atoms with Gasteiger partial charge < -0.3 is 34.5 Å². The molecule has 1 aliphatic carbocycles. The lowest BCUT2D eigenvalue weighted by atomic mass is 9.90. The van der Waals surface area contributed by atoms with Gasteiger partial charge >= 0.3 is 0 Å². The Morgan fingerprint density at radius 3 is 2.66 bits per heavy atom. The van der Waals surface area contributed by atoms with Crippen molar-refractivity contribution >= 4 is 40.5 Å². The van der Waals surface area contributed by atoms with E-state index >= 15 is 4.39 Å². The number of rotatable bonds is 9. The lowest BCUT2D eigenvalue weighted by Crippen LogP contribution is -2.59. The molecule has 3 aliphatic heterocycles. The Kier molecular flexibility index (Phi) is 9.79. The van der Waals surface area contributed by atoms with Gasteiger partial charge in [-0.2, -0.15) is 0 Å². The zero-order valence-electron chi connectivity index (χ0n) is 32.3. The van der Waals surface area contributed by atoms with Gasteiger partial charge in [-0.3, -0.25) is 24.2 Å². The van der Waals surface area contributed by atoms with Crippen LogP contribution in [0.15, 0.2) is 54.1 Å². The number of ether oxygens (including phenoxy) is 1. The lowest BCUT2D eigenvalue weighted by molar-refractivity contribution is -0.111. The highest BCUT2D eigenvalue weighted by Crippen LogP contribution is 2.40. The number of hydrogen-bond acceptors (Lipinski definition) is 10. The van der Waals surface area contributed by atoms with Gasteiger partial charge in [0.15, 0.2) is 11.6 Å².